The molecule has 19 heteroatoms. The van der Waals surface area contributed by atoms with Crippen LogP contribution in [0, 0.1) is 0 Å². The van der Waals surface area contributed by atoms with Crippen molar-refractivity contribution in [1.82, 2.24) is 26.2 Å². The van der Waals surface area contributed by atoms with Crippen LogP contribution in [-0.2, 0) is 39.9 Å². The van der Waals surface area contributed by atoms with E-state index in [2.05, 4.69) is 21.3 Å². The van der Waals surface area contributed by atoms with Crippen LogP contribution in [0.4, 0.5) is 0 Å². The quantitative estimate of drug-likeness (QED) is 0.0420. The molecule has 0 aromatic carbocycles. The summed E-state index contributed by atoms with van der Waals surface area (Å²) in [6.45, 7) is 15.5. The number of nitrogens with one attached hydrogen (secondary N) is 4. The fourth-order valence-corrected chi connectivity index (χ4v) is 8.46. The van der Waals surface area contributed by atoms with Crippen LogP contribution in [0.15, 0.2) is 0 Å². The Morgan fingerprint density at radius 1 is 0.556 bits per heavy atom. The van der Waals surface area contributed by atoms with E-state index in [0.717, 1.165) is 57.2 Å². The molecule has 0 heterocycles. The summed E-state index contributed by atoms with van der Waals surface area (Å²) < 4.78 is 49.7. The summed E-state index contributed by atoms with van der Waals surface area (Å²) in [5.41, 5.74) is -0.343. The Morgan fingerprint density at radius 2 is 1.04 bits per heavy atom. The van der Waals surface area contributed by atoms with Gasteiger partial charge in [-0.2, -0.15) is 10.6 Å². The van der Waals surface area contributed by atoms with E-state index in [4.69, 9.17) is 39.9 Å². The lowest BCUT2D eigenvalue weighted by Gasteiger charge is -2.40. The monoisotopic (exact) mass is 828 g/mol. The van der Waals surface area contributed by atoms with Gasteiger partial charge in [-0.1, -0.05) is 0 Å². The highest BCUT2D eigenvalue weighted by Gasteiger charge is 2.23. The highest BCUT2D eigenvalue weighted by Crippen LogP contribution is 2.50. The number of hydrogen-bond acceptors (Lipinski definition) is 17. The van der Waals surface area contributed by atoms with Crippen LogP contribution in [0.5, 0.6) is 0 Å². The molecule has 0 radical (unpaired) electrons. The smallest absolute Gasteiger partial charge is 0.0900 e. The van der Waals surface area contributed by atoms with Crippen molar-refractivity contribution in [2.75, 3.05) is 172 Å². The van der Waals surface area contributed by atoms with Gasteiger partial charge < -0.3 is 55.5 Å². The first-order chi connectivity index (χ1) is 25.8. The molecule has 17 nitrogen and oxygen atoms in total. The van der Waals surface area contributed by atoms with Crippen LogP contribution in [0.25, 0.3) is 0 Å². The summed E-state index contributed by atoms with van der Waals surface area (Å²) in [6.07, 6.45) is -0.492. The maximum absolute atomic E-state index is 10.7. The Morgan fingerprint density at radius 3 is 1.54 bits per heavy atom. The Hall–Kier alpha value is 0.0200. The van der Waals surface area contributed by atoms with Crippen LogP contribution in [0.2, 0.25) is 0 Å². The third-order valence-corrected chi connectivity index (χ3v) is 13.3. The maximum Gasteiger partial charge on any atom is 0.0900 e. The summed E-state index contributed by atoms with van der Waals surface area (Å²) in [5, 5.41) is 45.0. The summed E-state index contributed by atoms with van der Waals surface area (Å²) in [4.78, 5) is 2.03. The van der Waals surface area contributed by atoms with Gasteiger partial charge in [0.25, 0.3) is 0 Å². The SMILES string of the molecule is COCCS(CCCOCC(O)CNCCNCCNCCNCCN(CC(O)COCCCS(OC)(OC)OC)CC(O)COC(C)(C)C)(OC)OC. The summed E-state index contributed by atoms with van der Waals surface area (Å²) in [5.74, 6) is 2.06. The summed E-state index contributed by atoms with van der Waals surface area (Å²) in [6, 6.07) is 0. The molecule has 0 aliphatic heterocycles. The predicted octanol–water partition coefficient (Wildman–Crippen LogP) is 0.421. The molecule has 0 saturated carbocycles. The van der Waals surface area contributed by atoms with E-state index in [-0.39, 0.29) is 25.4 Å². The highest BCUT2D eigenvalue weighted by atomic mass is 32.3. The fourth-order valence-electron chi connectivity index (χ4n) is 5.10. The Kier molecular flexibility index (Phi) is 34.0. The second-order valence-electron chi connectivity index (χ2n) is 13.7. The largest absolute Gasteiger partial charge is 0.389 e. The molecule has 7 N–H and O–H groups in total. The highest BCUT2D eigenvalue weighted by molar-refractivity contribution is 8.25. The lowest BCUT2D eigenvalue weighted by molar-refractivity contribution is -0.0601. The molecule has 0 aromatic rings. The van der Waals surface area contributed by atoms with E-state index in [9.17, 15) is 15.3 Å². The first-order valence-electron chi connectivity index (χ1n) is 19.1. The van der Waals surface area contributed by atoms with E-state index in [1.165, 1.54) is 0 Å². The molecule has 0 amide bonds. The number of hydrogen-bond donors (Lipinski definition) is 7. The second-order valence-corrected chi connectivity index (χ2v) is 19.2. The molecule has 0 aliphatic carbocycles. The molecule has 0 aliphatic rings. The van der Waals surface area contributed by atoms with Crippen molar-refractivity contribution in [2.24, 2.45) is 0 Å². The van der Waals surface area contributed by atoms with Gasteiger partial charge in [0.15, 0.2) is 0 Å². The van der Waals surface area contributed by atoms with Crippen LogP contribution >= 0.6 is 21.5 Å². The number of methoxy groups -OCH3 is 1. The summed E-state index contributed by atoms with van der Waals surface area (Å²) >= 11 is 0. The van der Waals surface area contributed by atoms with Gasteiger partial charge >= 0.3 is 0 Å². The Labute approximate surface area is 331 Å². The first kappa shape index (κ1) is 54.0. The number of aliphatic hydroxyl groups excluding tert-OH is 3. The average Bonchev–Trinajstić information content (AvgIpc) is 3.15. The maximum atomic E-state index is 10.7. The van der Waals surface area contributed by atoms with Gasteiger partial charge in [-0.15, -0.1) is 0 Å². The van der Waals surface area contributed by atoms with Crippen LogP contribution in [0.3, 0.4) is 0 Å². The van der Waals surface area contributed by atoms with E-state index < -0.39 is 39.8 Å². The zero-order valence-electron chi connectivity index (χ0n) is 35.1. The van der Waals surface area contributed by atoms with Gasteiger partial charge in [-0.25, -0.2) is 0 Å². The number of rotatable bonds is 40. The fraction of sp³-hybridized carbons (Fsp3) is 1.00. The lowest BCUT2D eigenvalue weighted by Crippen LogP contribution is -2.45. The van der Waals surface area contributed by atoms with Crippen LogP contribution in [0.1, 0.15) is 33.6 Å². The predicted molar refractivity (Wildman–Crippen MR) is 219 cm³/mol. The van der Waals surface area contributed by atoms with E-state index in [0.29, 0.717) is 64.7 Å². The van der Waals surface area contributed by atoms with Crippen molar-refractivity contribution < 1.29 is 55.2 Å². The molecule has 0 spiro atoms. The lowest BCUT2D eigenvalue weighted by atomic mass is 10.2. The van der Waals surface area contributed by atoms with Gasteiger partial charge in [0.05, 0.1) is 103 Å². The third-order valence-electron chi connectivity index (χ3n) is 8.08. The van der Waals surface area contributed by atoms with Crippen molar-refractivity contribution in [3.8, 4) is 0 Å². The minimum absolute atomic E-state index is 0.183. The number of ether oxygens (including phenoxy) is 4. The van der Waals surface area contributed by atoms with Crippen LogP contribution in [-0.4, -0.2) is 216 Å². The van der Waals surface area contributed by atoms with E-state index in [1.807, 2.05) is 25.7 Å². The van der Waals surface area contributed by atoms with E-state index >= 15 is 0 Å². The average molecular weight is 828 g/mol. The third kappa shape index (κ3) is 29.3. The van der Waals surface area contributed by atoms with Gasteiger partial charge in [-0.3, -0.25) is 25.8 Å². The second kappa shape index (κ2) is 33.9. The molecule has 54 heavy (non-hydrogen) atoms. The first-order valence-corrected chi connectivity index (χ1v) is 22.5. The Balaban J connectivity index is 4.13. The number of nitrogens with zero attached hydrogens (tertiary/aromatic N) is 1. The Bertz CT molecular complexity index is 828. The van der Waals surface area contributed by atoms with Crippen LogP contribution < -0.4 is 21.3 Å². The van der Waals surface area contributed by atoms with Gasteiger partial charge in [0.2, 0.25) is 0 Å². The molecule has 3 unspecified atom stereocenters. The normalized spacial score (nSPS) is 15.2. The van der Waals surface area contributed by atoms with Crippen molar-refractivity contribution in [3.63, 3.8) is 0 Å². The molecule has 330 valence electrons. The number of aliphatic hydroxyl groups is 3. The molecule has 0 fully saturated rings. The standard InChI is InChI=1S/C35H81N5O12S2/c1-35(2,3)52-31-34(43)28-40(27-33(42)30-51-21-11-24-54(47-7,48-8)49-9)19-18-38-15-14-36-12-13-37-16-17-39-26-32(41)29-50-20-10-23-53(45-5,46-6)25-22-44-4/h32-34,36-39,41-43H,10-31H2,1-9H3. The molecule has 0 saturated heterocycles. The van der Waals surface area contributed by atoms with Crippen molar-refractivity contribution in [1.29, 1.82) is 0 Å². The molecule has 0 rings (SSSR count). The van der Waals surface area contributed by atoms with Gasteiger partial charge in [-0.05, 0) is 33.6 Å². The van der Waals surface area contributed by atoms with Gasteiger partial charge in [0.1, 0.15) is 0 Å². The zero-order chi connectivity index (χ0) is 40.6. The van der Waals surface area contributed by atoms with Crippen molar-refractivity contribution in [2.45, 2.75) is 57.5 Å². The molecule has 3 atom stereocenters. The minimum Gasteiger partial charge on any atom is -0.389 e. The van der Waals surface area contributed by atoms with Gasteiger partial charge in [0, 0.05) is 104 Å². The van der Waals surface area contributed by atoms with E-state index in [1.54, 1.807) is 42.7 Å². The topological polar surface area (TPSA) is 195 Å². The van der Waals surface area contributed by atoms with Crippen molar-refractivity contribution in [3.05, 3.63) is 0 Å². The minimum atomic E-state index is -2.02. The summed E-state index contributed by atoms with van der Waals surface area (Å²) in [7, 11) is 6.06. The molecule has 0 aromatic heterocycles. The molecular weight excluding hydrogens is 747 g/mol. The molecule has 0 bridgehead atoms. The molecular formula is C35H81N5O12S2. The zero-order valence-corrected chi connectivity index (χ0v) is 36.7. The van der Waals surface area contributed by atoms with Crippen molar-refractivity contribution >= 4 is 21.5 Å².